The van der Waals surface area contributed by atoms with Gasteiger partial charge in [0.25, 0.3) is 5.91 Å². The number of hydrogen-bond donors (Lipinski definition) is 1. The molecule has 0 saturated carbocycles. The molecule has 2 aromatic carbocycles. The van der Waals surface area contributed by atoms with E-state index in [1.165, 1.54) is 26.3 Å². The summed E-state index contributed by atoms with van der Waals surface area (Å²) >= 11 is 3.03. The maximum Gasteiger partial charge on any atom is 0.417 e. The Morgan fingerprint density at radius 1 is 1.27 bits per heavy atom. The summed E-state index contributed by atoms with van der Waals surface area (Å²) < 4.78 is 39.9. The molecule has 0 aromatic heterocycles. The fourth-order valence-electron chi connectivity index (χ4n) is 2.62. The number of halogens is 4. The second-order valence-corrected chi connectivity index (χ2v) is 6.96. The number of carbonyl (C=O) groups is 1. The molecule has 2 aromatic rings. The van der Waals surface area contributed by atoms with Crippen LogP contribution in [0.1, 0.15) is 27.8 Å². The SMILES string of the molecule is CNC(=O)/C(=N/OC)c1cccc(C)c1CO/N=C/c1ccc(Br)cc1C(F)(F)F. The lowest BCUT2D eigenvalue weighted by molar-refractivity contribution is -0.137. The first-order valence-corrected chi connectivity index (χ1v) is 9.42. The Hall–Kier alpha value is -2.88. The Morgan fingerprint density at radius 3 is 2.63 bits per heavy atom. The van der Waals surface area contributed by atoms with Crippen molar-refractivity contribution >= 4 is 33.8 Å². The number of aryl methyl sites for hydroxylation is 1. The molecule has 0 aliphatic rings. The summed E-state index contributed by atoms with van der Waals surface area (Å²) in [4.78, 5) is 22.1. The lowest BCUT2D eigenvalue weighted by atomic mass is 9.98. The number of nitrogens with one attached hydrogen (secondary N) is 1. The Morgan fingerprint density at radius 2 is 2.00 bits per heavy atom. The van der Waals surface area contributed by atoms with Gasteiger partial charge in [-0.1, -0.05) is 50.5 Å². The second kappa shape index (κ2) is 10.2. The summed E-state index contributed by atoms with van der Waals surface area (Å²) in [5.41, 5.74) is 0.915. The minimum Gasteiger partial charge on any atom is -0.398 e. The van der Waals surface area contributed by atoms with Crippen molar-refractivity contribution in [2.24, 2.45) is 10.3 Å². The lowest BCUT2D eigenvalue weighted by Gasteiger charge is -2.13. The third-order valence-corrected chi connectivity index (χ3v) is 4.58. The van der Waals surface area contributed by atoms with Crippen molar-refractivity contribution in [3.63, 3.8) is 0 Å². The van der Waals surface area contributed by atoms with E-state index in [0.717, 1.165) is 17.8 Å². The molecule has 0 atom stereocenters. The number of alkyl halides is 3. The van der Waals surface area contributed by atoms with Crippen molar-refractivity contribution in [1.29, 1.82) is 0 Å². The van der Waals surface area contributed by atoms with Crippen LogP contribution in [0, 0.1) is 6.92 Å². The van der Waals surface area contributed by atoms with Gasteiger partial charge in [0.1, 0.15) is 13.7 Å². The summed E-state index contributed by atoms with van der Waals surface area (Å²) in [6.07, 6.45) is -3.54. The molecular formula is C20H19BrF3N3O3. The number of rotatable bonds is 7. The van der Waals surface area contributed by atoms with Gasteiger partial charge in [0.05, 0.1) is 11.8 Å². The topological polar surface area (TPSA) is 72.3 Å². The minimum absolute atomic E-state index is 0.0403. The number of amides is 1. The van der Waals surface area contributed by atoms with Crippen LogP contribution in [0.3, 0.4) is 0 Å². The van der Waals surface area contributed by atoms with Gasteiger partial charge in [-0.2, -0.15) is 13.2 Å². The number of likely N-dealkylation sites (N-methyl/N-ethyl adjacent to an activating group) is 1. The van der Waals surface area contributed by atoms with E-state index in [9.17, 15) is 18.0 Å². The molecule has 10 heteroatoms. The summed E-state index contributed by atoms with van der Waals surface area (Å²) in [6.45, 7) is 1.72. The normalized spacial score (nSPS) is 12.2. The number of oxime groups is 2. The van der Waals surface area contributed by atoms with Crippen LogP contribution in [-0.4, -0.2) is 32.0 Å². The lowest BCUT2D eigenvalue weighted by Crippen LogP contribution is -2.29. The van der Waals surface area contributed by atoms with Gasteiger partial charge in [-0.05, 0) is 24.6 Å². The zero-order chi connectivity index (χ0) is 22.3. The van der Waals surface area contributed by atoms with Crippen LogP contribution in [-0.2, 0) is 27.3 Å². The van der Waals surface area contributed by atoms with Crippen LogP contribution in [0.5, 0.6) is 0 Å². The molecule has 30 heavy (non-hydrogen) atoms. The molecule has 2 rings (SSSR count). The van der Waals surface area contributed by atoms with Gasteiger partial charge in [0.2, 0.25) is 0 Å². The Bertz CT molecular complexity index is 975. The second-order valence-electron chi connectivity index (χ2n) is 6.04. The number of hydrogen-bond acceptors (Lipinski definition) is 5. The first-order chi connectivity index (χ1) is 14.2. The van der Waals surface area contributed by atoms with Gasteiger partial charge in [-0.25, -0.2) is 0 Å². The molecule has 0 aliphatic heterocycles. The highest BCUT2D eigenvalue weighted by Crippen LogP contribution is 2.33. The third-order valence-electron chi connectivity index (χ3n) is 4.09. The van der Waals surface area contributed by atoms with E-state index in [2.05, 4.69) is 31.6 Å². The fraction of sp³-hybridized carbons (Fsp3) is 0.250. The number of nitrogens with zero attached hydrogens (tertiary/aromatic N) is 2. The average Bonchev–Trinajstić information content (AvgIpc) is 2.70. The Labute approximate surface area is 179 Å². The zero-order valence-corrected chi connectivity index (χ0v) is 18.0. The van der Waals surface area contributed by atoms with E-state index in [4.69, 9.17) is 9.68 Å². The summed E-state index contributed by atoms with van der Waals surface area (Å²) in [5.74, 6) is -0.461. The van der Waals surface area contributed by atoms with Gasteiger partial charge in [-0.15, -0.1) is 0 Å². The highest BCUT2D eigenvalue weighted by atomic mass is 79.9. The maximum atomic E-state index is 13.2. The van der Waals surface area contributed by atoms with Crippen molar-refractivity contribution in [2.75, 3.05) is 14.2 Å². The predicted molar refractivity (Wildman–Crippen MR) is 110 cm³/mol. The summed E-state index contributed by atoms with van der Waals surface area (Å²) in [6, 6.07) is 8.94. The van der Waals surface area contributed by atoms with Crippen molar-refractivity contribution < 1.29 is 27.6 Å². The van der Waals surface area contributed by atoms with Gasteiger partial charge in [0, 0.05) is 28.2 Å². The van der Waals surface area contributed by atoms with Crippen LogP contribution >= 0.6 is 15.9 Å². The average molecular weight is 486 g/mol. The quantitative estimate of drug-likeness (QED) is 0.465. The molecular weight excluding hydrogens is 467 g/mol. The molecule has 0 bridgehead atoms. The summed E-state index contributed by atoms with van der Waals surface area (Å²) in [7, 11) is 2.77. The molecule has 0 spiro atoms. The van der Waals surface area contributed by atoms with Crippen molar-refractivity contribution in [2.45, 2.75) is 19.7 Å². The van der Waals surface area contributed by atoms with Crippen molar-refractivity contribution in [1.82, 2.24) is 5.32 Å². The van der Waals surface area contributed by atoms with Crippen molar-refractivity contribution in [3.8, 4) is 0 Å². The minimum atomic E-state index is -4.53. The van der Waals surface area contributed by atoms with Crippen LogP contribution in [0.4, 0.5) is 13.2 Å². The maximum absolute atomic E-state index is 13.2. The van der Waals surface area contributed by atoms with E-state index in [1.807, 2.05) is 0 Å². The van der Waals surface area contributed by atoms with Gasteiger partial charge < -0.3 is 15.0 Å². The number of benzene rings is 2. The van der Waals surface area contributed by atoms with Crippen LogP contribution in [0.15, 0.2) is 51.2 Å². The third kappa shape index (κ3) is 5.82. The van der Waals surface area contributed by atoms with E-state index in [0.29, 0.717) is 15.6 Å². The summed E-state index contributed by atoms with van der Waals surface area (Å²) in [5, 5.41) is 9.93. The molecule has 1 amide bonds. The molecule has 6 nitrogen and oxygen atoms in total. The van der Waals surface area contributed by atoms with Crippen LogP contribution in [0.25, 0.3) is 0 Å². The molecule has 0 unspecified atom stereocenters. The highest BCUT2D eigenvalue weighted by molar-refractivity contribution is 9.10. The molecule has 1 N–H and O–H groups in total. The van der Waals surface area contributed by atoms with Crippen LogP contribution in [0.2, 0.25) is 0 Å². The monoisotopic (exact) mass is 485 g/mol. The van der Waals surface area contributed by atoms with Crippen molar-refractivity contribution in [3.05, 3.63) is 68.7 Å². The van der Waals surface area contributed by atoms with Gasteiger partial charge in [0.15, 0.2) is 5.71 Å². The molecule has 0 saturated heterocycles. The predicted octanol–water partition coefficient (Wildman–Crippen LogP) is 4.42. The largest absolute Gasteiger partial charge is 0.417 e. The Balaban J connectivity index is 2.28. The smallest absolute Gasteiger partial charge is 0.398 e. The van der Waals surface area contributed by atoms with E-state index in [-0.39, 0.29) is 17.9 Å². The van der Waals surface area contributed by atoms with Gasteiger partial charge >= 0.3 is 6.18 Å². The van der Waals surface area contributed by atoms with E-state index in [1.54, 1.807) is 25.1 Å². The van der Waals surface area contributed by atoms with E-state index >= 15 is 0 Å². The first kappa shape index (κ1) is 23.4. The zero-order valence-electron chi connectivity index (χ0n) is 16.4. The Kier molecular flexibility index (Phi) is 7.99. The highest BCUT2D eigenvalue weighted by Gasteiger charge is 2.33. The van der Waals surface area contributed by atoms with Gasteiger partial charge in [-0.3, -0.25) is 4.79 Å². The molecule has 0 radical (unpaired) electrons. The van der Waals surface area contributed by atoms with Crippen LogP contribution < -0.4 is 5.32 Å². The standard InChI is InChI=1S/C20H19BrF3N3O3/c1-12-5-4-6-15(18(27-29-3)19(28)25-2)16(12)11-30-26-10-13-7-8-14(21)9-17(13)20(22,23)24/h4-10H,11H2,1-3H3,(H,25,28)/b26-10+,27-18+. The van der Waals surface area contributed by atoms with E-state index < -0.39 is 17.6 Å². The fourth-order valence-corrected chi connectivity index (χ4v) is 2.98. The molecule has 0 fully saturated rings. The first-order valence-electron chi connectivity index (χ1n) is 8.63. The number of carbonyl (C=O) groups excluding carboxylic acids is 1. The molecule has 160 valence electrons. The molecule has 0 heterocycles. The molecule has 0 aliphatic carbocycles.